The van der Waals surface area contributed by atoms with Gasteiger partial charge in [0, 0.05) is 11.0 Å². The Hall–Kier alpha value is -1.69. The third kappa shape index (κ3) is 3.16. The molecule has 0 atom stereocenters. The monoisotopic (exact) mass is 310 g/mol. The summed E-state index contributed by atoms with van der Waals surface area (Å²) in [6, 6.07) is 4.67. The summed E-state index contributed by atoms with van der Waals surface area (Å²) in [5, 5.41) is 5.94. The maximum atomic E-state index is 13.6. The number of rotatable bonds is 4. The third-order valence-electron chi connectivity index (χ3n) is 2.18. The molecule has 0 aliphatic rings. The molecule has 0 bridgehead atoms. The van der Waals surface area contributed by atoms with Crippen molar-refractivity contribution >= 4 is 33.3 Å². The highest BCUT2D eigenvalue weighted by molar-refractivity contribution is 9.10. The summed E-state index contributed by atoms with van der Waals surface area (Å²) in [4.78, 5) is 8.29. The van der Waals surface area contributed by atoms with E-state index in [1.54, 1.807) is 24.5 Å². The van der Waals surface area contributed by atoms with Crippen molar-refractivity contribution in [2.45, 2.75) is 6.92 Å². The molecule has 2 N–H and O–H groups in total. The number of aromatic nitrogens is 2. The lowest BCUT2D eigenvalue weighted by atomic mass is 10.3. The molecule has 1 heterocycles. The van der Waals surface area contributed by atoms with Gasteiger partial charge in [-0.2, -0.15) is 0 Å². The molecule has 0 spiro atoms. The van der Waals surface area contributed by atoms with Crippen LogP contribution in [0.4, 0.5) is 21.7 Å². The molecule has 1 aromatic heterocycles. The van der Waals surface area contributed by atoms with Gasteiger partial charge in [0.05, 0.1) is 18.1 Å². The van der Waals surface area contributed by atoms with Gasteiger partial charge in [0.25, 0.3) is 0 Å². The van der Waals surface area contributed by atoms with Crippen LogP contribution < -0.4 is 10.6 Å². The zero-order valence-corrected chi connectivity index (χ0v) is 11.3. The van der Waals surface area contributed by atoms with Crippen molar-refractivity contribution in [2.24, 2.45) is 0 Å². The summed E-state index contributed by atoms with van der Waals surface area (Å²) >= 11 is 3.29. The van der Waals surface area contributed by atoms with E-state index in [4.69, 9.17) is 0 Å². The summed E-state index contributed by atoms with van der Waals surface area (Å²) < 4.78 is 14.4. The van der Waals surface area contributed by atoms with E-state index in [-0.39, 0.29) is 5.82 Å². The second-order valence-corrected chi connectivity index (χ2v) is 4.48. The van der Waals surface area contributed by atoms with Crippen LogP contribution in [0, 0.1) is 5.82 Å². The van der Waals surface area contributed by atoms with Crippen molar-refractivity contribution in [2.75, 3.05) is 17.2 Å². The van der Waals surface area contributed by atoms with Crippen LogP contribution in [0.2, 0.25) is 0 Å². The van der Waals surface area contributed by atoms with Crippen molar-refractivity contribution in [3.05, 3.63) is 40.9 Å². The van der Waals surface area contributed by atoms with Crippen LogP contribution in [0.25, 0.3) is 0 Å². The Morgan fingerprint density at radius 1 is 1.28 bits per heavy atom. The van der Waals surface area contributed by atoms with E-state index in [2.05, 4.69) is 36.5 Å². The van der Waals surface area contributed by atoms with Crippen molar-refractivity contribution in [3.8, 4) is 0 Å². The van der Waals surface area contributed by atoms with Gasteiger partial charge in [-0.05, 0) is 25.1 Å². The number of hydrogen-bond acceptors (Lipinski definition) is 4. The number of hydrogen-bond donors (Lipinski definition) is 2. The molecule has 2 aromatic rings. The molecule has 4 nitrogen and oxygen atoms in total. The SMILES string of the molecule is CCNc1cncc(Nc2cc(Br)ccc2F)n1. The summed E-state index contributed by atoms with van der Waals surface area (Å²) in [6.07, 6.45) is 3.16. The molecule has 0 saturated heterocycles. The summed E-state index contributed by atoms with van der Waals surface area (Å²) in [6.45, 7) is 2.72. The molecule has 0 amide bonds. The van der Waals surface area contributed by atoms with Crippen LogP contribution in [0.1, 0.15) is 6.92 Å². The van der Waals surface area contributed by atoms with Gasteiger partial charge in [0.2, 0.25) is 0 Å². The molecular formula is C12H12BrFN4. The number of nitrogens with one attached hydrogen (secondary N) is 2. The second-order valence-electron chi connectivity index (χ2n) is 3.57. The molecule has 6 heteroatoms. The molecule has 94 valence electrons. The minimum Gasteiger partial charge on any atom is -0.369 e. The average molecular weight is 311 g/mol. The lowest BCUT2D eigenvalue weighted by Crippen LogP contribution is -2.03. The number of anilines is 3. The molecule has 1 aromatic carbocycles. The number of halogens is 2. The van der Waals surface area contributed by atoms with Crippen LogP contribution in [0.5, 0.6) is 0 Å². The van der Waals surface area contributed by atoms with Crippen LogP contribution in [0.15, 0.2) is 35.1 Å². The van der Waals surface area contributed by atoms with Crippen molar-refractivity contribution in [1.29, 1.82) is 0 Å². The van der Waals surface area contributed by atoms with Crippen LogP contribution in [-0.4, -0.2) is 16.5 Å². The fourth-order valence-corrected chi connectivity index (χ4v) is 1.78. The van der Waals surface area contributed by atoms with Crippen molar-refractivity contribution in [1.82, 2.24) is 9.97 Å². The molecular weight excluding hydrogens is 299 g/mol. The molecule has 0 saturated carbocycles. The van der Waals surface area contributed by atoms with E-state index in [0.29, 0.717) is 17.3 Å². The highest BCUT2D eigenvalue weighted by atomic mass is 79.9. The Morgan fingerprint density at radius 2 is 2.06 bits per heavy atom. The maximum Gasteiger partial charge on any atom is 0.151 e. The summed E-state index contributed by atoms with van der Waals surface area (Å²) in [7, 11) is 0. The molecule has 0 aliphatic carbocycles. The summed E-state index contributed by atoms with van der Waals surface area (Å²) in [5.41, 5.74) is 0.354. The fourth-order valence-electron chi connectivity index (χ4n) is 1.42. The lowest BCUT2D eigenvalue weighted by Gasteiger charge is -2.08. The van der Waals surface area contributed by atoms with Gasteiger partial charge < -0.3 is 10.6 Å². The largest absolute Gasteiger partial charge is 0.369 e. The number of nitrogens with zero attached hydrogens (tertiary/aromatic N) is 2. The standard InChI is InChI=1S/C12H12BrFN4/c1-2-16-11-6-15-7-12(18-11)17-10-5-8(13)3-4-9(10)14/h3-7H,2H2,1H3,(H2,16,17,18). The van der Waals surface area contributed by atoms with E-state index >= 15 is 0 Å². The molecule has 0 aliphatic heterocycles. The molecule has 0 unspecified atom stereocenters. The predicted molar refractivity (Wildman–Crippen MR) is 73.6 cm³/mol. The first kappa shape index (κ1) is 12.8. The van der Waals surface area contributed by atoms with E-state index < -0.39 is 0 Å². The van der Waals surface area contributed by atoms with Gasteiger partial charge in [-0.15, -0.1) is 0 Å². The molecule has 18 heavy (non-hydrogen) atoms. The minimum atomic E-state index is -0.339. The highest BCUT2D eigenvalue weighted by Gasteiger charge is 2.04. The fraction of sp³-hybridized carbons (Fsp3) is 0.167. The first-order chi connectivity index (χ1) is 8.69. The Bertz CT molecular complexity index is 547. The maximum absolute atomic E-state index is 13.6. The smallest absolute Gasteiger partial charge is 0.151 e. The average Bonchev–Trinajstić information content (AvgIpc) is 2.35. The minimum absolute atomic E-state index is 0.339. The summed E-state index contributed by atoms with van der Waals surface area (Å²) in [5.74, 6) is 0.803. The zero-order chi connectivity index (χ0) is 13.0. The Kier molecular flexibility index (Phi) is 4.09. The van der Waals surface area contributed by atoms with Gasteiger partial charge in [0.1, 0.15) is 11.6 Å². The Morgan fingerprint density at radius 3 is 2.83 bits per heavy atom. The van der Waals surface area contributed by atoms with Crippen molar-refractivity contribution < 1.29 is 4.39 Å². The van der Waals surface area contributed by atoms with E-state index in [9.17, 15) is 4.39 Å². The predicted octanol–water partition coefficient (Wildman–Crippen LogP) is 3.55. The normalized spacial score (nSPS) is 10.2. The number of benzene rings is 1. The third-order valence-corrected chi connectivity index (χ3v) is 2.68. The van der Waals surface area contributed by atoms with Crippen molar-refractivity contribution in [3.63, 3.8) is 0 Å². The topological polar surface area (TPSA) is 49.8 Å². The molecule has 2 rings (SSSR count). The second kappa shape index (κ2) is 5.77. The zero-order valence-electron chi connectivity index (χ0n) is 9.74. The van der Waals surface area contributed by atoms with E-state index in [0.717, 1.165) is 11.0 Å². The van der Waals surface area contributed by atoms with Gasteiger partial charge in [-0.3, -0.25) is 4.98 Å². The molecule has 0 fully saturated rings. The van der Waals surface area contributed by atoms with Gasteiger partial charge >= 0.3 is 0 Å². The highest BCUT2D eigenvalue weighted by Crippen LogP contribution is 2.23. The Balaban J connectivity index is 2.22. The van der Waals surface area contributed by atoms with Gasteiger partial charge in [0.15, 0.2) is 5.82 Å². The van der Waals surface area contributed by atoms with Crippen LogP contribution in [-0.2, 0) is 0 Å². The van der Waals surface area contributed by atoms with Crippen LogP contribution >= 0.6 is 15.9 Å². The Labute approximate surface area is 113 Å². The quantitative estimate of drug-likeness (QED) is 0.906. The van der Waals surface area contributed by atoms with E-state index in [1.807, 2.05) is 6.92 Å². The van der Waals surface area contributed by atoms with Gasteiger partial charge in [-0.25, -0.2) is 9.37 Å². The lowest BCUT2D eigenvalue weighted by molar-refractivity contribution is 0.631. The first-order valence-electron chi connectivity index (χ1n) is 5.47. The van der Waals surface area contributed by atoms with Crippen LogP contribution in [0.3, 0.4) is 0 Å². The first-order valence-corrected chi connectivity index (χ1v) is 6.26. The van der Waals surface area contributed by atoms with Gasteiger partial charge in [-0.1, -0.05) is 15.9 Å². The molecule has 0 radical (unpaired) electrons. The van der Waals surface area contributed by atoms with E-state index in [1.165, 1.54) is 6.07 Å².